The summed E-state index contributed by atoms with van der Waals surface area (Å²) in [5, 5.41) is 2.82. The highest BCUT2D eigenvalue weighted by molar-refractivity contribution is 9.10. The van der Waals surface area contributed by atoms with Gasteiger partial charge in [0.2, 0.25) is 0 Å². The molecule has 0 aliphatic carbocycles. The van der Waals surface area contributed by atoms with Gasteiger partial charge in [-0.3, -0.25) is 4.79 Å². The molecule has 1 amide bonds. The highest BCUT2D eigenvalue weighted by atomic mass is 79.9. The van der Waals surface area contributed by atoms with Crippen molar-refractivity contribution in [3.8, 4) is 0 Å². The third kappa shape index (κ3) is 4.64. The Hall–Kier alpha value is -0.610. The second-order valence-corrected chi connectivity index (χ2v) is 5.15. The van der Waals surface area contributed by atoms with Crippen LogP contribution in [0, 0.1) is 5.82 Å². The Bertz CT molecular complexity index is 400. The number of amides is 1. The monoisotopic (exact) mass is 321 g/mol. The Morgan fingerprint density at radius 2 is 2.29 bits per heavy atom. The maximum Gasteiger partial charge on any atom is 0.251 e. The van der Waals surface area contributed by atoms with Crippen molar-refractivity contribution in [1.29, 1.82) is 0 Å². The lowest BCUT2D eigenvalue weighted by atomic mass is 10.2. The lowest BCUT2D eigenvalue weighted by Gasteiger charge is -2.08. The van der Waals surface area contributed by atoms with Crippen LogP contribution in [-0.2, 0) is 0 Å². The van der Waals surface area contributed by atoms with Gasteiger partial charge in [0.15, 0.2) is 0 Å². The van der Waals surface area contributed by atoms with E-state index in [1.54, 1.807) is 0 Å². The zero-order valence-electron chi connectivity index (χ0n) is 9.47. The molecule has 0 aliphatic rings. The molecule has 0 saturated carbocycles. The summed E-state index contributed by atoms with van der Waals surface area (Å²) in [7, 11) is 0. The van der Waals surface area contributed by atoms with Crippen molar-refractivity contribution in [3.63, 3.8) is 0 Å². The number of rotatable bonds is 5. The number of carbonyl (C=O) groups excluding carboxylic acids is 1. The Morgan fingerprint density at radius 3 is 2.88 bits per heavy atom. The predicted octanol–water partition coefficient (Wildman–Crippen LogP) is 3.73. The van der Waals surface area contributed by atoms with Gasteiger partial charge in [-0.15, -0.1) is 11.6 Å². The van der Waals surface area contributed by atoms with Gasteiger partial charge in [-0.1, -0.05) is 6.92 Å². The van der Waals surface area contributed by atoms with Crippen LogP contribution in [0.3, 0.4) is 0 Å². The number of hydrogen-bond donors (Lipinski definition) is 1. The number of nitrogens with one attached hydrogen (secondary N) is 1. The molecule has 0 fully saturated rings. The molecule has 2 nitrogen and oxygen atoms in total. The molecule has 1 rings (SSSR count). The summed E-state index contributed by atoms with van der Waals surface area (Å²) in [4.78, 5) is 11.7. The van der Waals surface area contributed by atoms with E-state index in [-0.39, 0.29) is 21.6 Å². The van der Waals surface area contributed by atoms with Gasteiger partial charge in [0.1, 0.15) is 5.82 Å². The number of alkyl halides is 1. The molecule has 1 N–H and O–H groups in total. The molecule has 94 valence electrons. The fraction of sp³-hybridized carbons (Fsp3) is 0.417. The Morgan fingerprint density at radius 1 is 1.59 bits per heavy atom. The third-order valence-corrected chi connectivity index (χ3v) is 3.50. The minimum atomic E-state index is -0.381. The fourth-order valence-corrected chi connectivity index (χ4v) is 1.77. The molecule has 0 aromatic heterocycles. The van der Waals surface area contributed by atoms with Crippen molar-refractivity contribution in [2.45, 2.75) is 25.1 Å². The van der Waals surface area contributed by atoms with Gasteiger partial charge >= 0.3 is 0 Å². The first-order chi connectivity index (χ1) is 8.04. The van der Waals surface area contributed by atoms with Crippen LogP contribution in [0.5, 0.6) is 0 Å². The Labute approximate surface area is 114 Å². The van der Waals surface area contributed by atoms with Gasteiger partial charge in [0.25, 0.3) is 5.91 Å². The highest BCUT2D eigenvalue weighted by Crippen LogP contribution is 2.16. The summed E-state index contributed by atoms with van der Waals surface area (Å²) in [6, 6.07) is 4.17. The third-order valence-electron chi connectivity index (χ3n) is 2.37. The van der Waals surface area contributed by atoms with Crippen LogP contribution in [0.25, 0.3) is 0 Å². The Kier molecular flexibility index (Phi) is 5.92. The summed E-state index contributed by atoms with van der Waals surface area (Å²) in [5.74, 6) is -0.598. The molecular formula is C12H14BrClFNO. The zero-order valence-corrected chi connectivity index (χ0v) is 11.8. The first kappa shape index (κ1) is 14.5. The van der Waals surface area contributed by atoms with Crippen LogP contribution in [0.15, 0.2) is 22.7 Å². The maximum absolute atomic E-state index is 13.0. The topological polar surface area (TPSA) is 29.1 Å². The van der Waals surface area contributed by atoms with Crippen LogP contribution in [-0.4, -0.2) is 17.8 Å². The molecule has 0 bridgehead atoms. The molecule has 1 aromatic carbocycles. The van der Waals surface area contributed by atoms with Gasteiger partial charge in [-0.2, -0.15) is 0 Å². The van der Waals surface area contributed by atoms with E-state index in [1.165, 1.54) is 18.2 Å². The molecule has 0 radical (unpaired) electrons. The summed E-state index contributed by atoms with van der Waals surface area (Å²) >= 11 is 8.97. The van der Waals surface area contributed by atoms with Gasteiger partial charge in [0.05, 0.1) is 4.47 Å². The molecule has 0 aliphatic heterocycles. The quantitative estimate of drug-likeness (QED) is 0.822. The van der Waals surface area contributed by atoms with Crippen molar-refractivity contribution >= 4 is 33.4 Å². The average molecular weight is 323 g/mol. The lowest BCUT2D eigenvalue weighted by molar-refractivity contribution is 0.0953. The van der Waals surface area contributed by atoms with Crippen LogP contribution >= 0.6 is 27.5 Å². The molecule has 1 unspecified atom stereocenters. The number of carbonyl (C=O) groups is 1. The van der Waals surface area contributed by atoms with E-state index in [2.05, 4.69) is 21.2 Å². The largest absolute Gasteiger partial charge is 0.352 e. The summed E-state index contributed by atoms with van der Waals surface area (Å²) in [5.41, 5.74) is 0.431. The van der Waals surface area contributed by atoms with E-state index >= 15 is 0 Å². The summed E-state index contributed by atoms with van der Waals surface area (Å²) < 4.78 is 13.3. The van der Waals surface area contributed by atoms with E-state index in [0.717, 1.165) is 12.8 Å². The predicted molar refractivity (Wildman–Crippen MR) is 71.0 cm³/mol. The minimum absolute atomic E-state index is 0.0789. The molecule has 0 heterocycles. The van der Waals surface area contributed by atoms with Gasteiger partial charge < -0.3 is 5.32 Å². The maximum atomic E-state index is 13.0. The van der Waals surface area contributed by atoms with Crippen molar-refractivity contribution in [1.82, 2.24) is 5.32 Å². The van der Waals surface area contributed by atoms with E-state index < -0.39 is 0 Å². The number of hydrogen-bond acceptors (Lipinski definition) is 1. The van der Waals surface area contributed by atoms with Crippen molar-refractivity contribution in [2.24, 2.45) is 0 Å². The highest BCUT2D eigenvalue weighted by Gasteiger charge is 2.08. The molecule has 1 aromatic rings. The molecular weight excluding hydrogens is 308 g/mol. The van der Waals surface area contributed by atoms with Crippen LogP contribution in [0.4, 0.5) is 4.39 Å². The minimum Gasteiger partial charge on any atom is -0.352 e. The zero-order chi connectivity index (χ0) is 12.8. The van der Waals surface area contributed by atoms with E-state index in [9.17, 15) is 9.18 Å². The number of benzene rings is 1. The van der Waals surface area contributed by atoms with Gasteiger partial charge in [0, 0.05) is 17.5 Å². The number of halogens is 3. The van der Waals surface area contributed by atoms with Crippen LogP contribution in [0.2, 0.25) is 0 Å². The van der Waals surface area contributed by atoms with Gasteiger partial charge in [-0.25, -0.2) is 4.39 Å². The molecule has 17 heavy (non-hydrogen) atoms. The van der Waals surface area contributed by atoms with E-state index in [1.807, 2.05) is 6.92 Å². The van der Waals surface area contributed by atoms with Crippen molar-refractivity contribution < 1.29 is 9.18 Å². The molecule has 5 heteroatoms. The second kappa shape index (κ2) is 6.97. The first-order valence-electron chi connectivity index (χ1n) is 5.42. The SMILES string of the molecule is CCC(Cl)CCNC(=O)c1ccc(F)c(Br)c1. The fourth-order valence-electron chi connectivity index (χ4n) is 1.29. The lowest BCUT2D eigenvalue weighted by Crippen LogP contribution is -2.26. The van der Waals surface area contributed by atoms with Gasteiger partial charge in [-0.05, 0) is 47.0 Å². The molecule has 1 atom stereocenters. The second-order valence-electron chi connectivity index (χ2n) is 3.68. The summed E-state index contributed by atoms with van der Waals surface area (Å²) in [6.45, 7) is 2.52. The molecule has 0 saturated heterocycles. The first-order valence-corrected chi connectivity index (χ1v) is 6.64. The van der Waals surface area contributed by atoms with Crippen LogP contribution < -0.4 is 5.32 Å². The average Bonchev–Trinajstić information content (AvgIpc) is 2.32. The van der Waals surface area contributed by atoms with Crippen molar-refractivity contribution in [2.75, 3.05) is 6.54 Å². The summed E-state index contributed by atoms with van der Waals surface area (Å²) in [6.07, 6.45) is 1.60. The van der Waals surface area contributed by atoms with Crippen LogP contribution in [0.1, 0.15) is 30.1 Å². The Balaban J connectivity index is 2.50. The smallest absolute Gasteiger partial charge is 0.251 e. The van der Waals surface area contributed by atoms with Crippen molar-refractivity contribution in [3.05, 3.63) is 34.1 Å². The van der Waals surface area contributed by atoms with E-state index in [4.69, 9.17) is 11.6 Å². The van der Waals surface area contributed by atoms with E-state index in [0.29, 0.717) is 12.1 Å². The molecule has 0 spiro atoms. The standard InChI is InChI=1S/C12H14BrClFNO/c1-2-9(14)5-6-16-12(17)8-3-4-11(15)10(13)7-8/h3-4,7,9H,2,5-6H2,1H3,(H,16,17). The normalized spacial score (nSPS) is 12.2.